The van der Waals surface area contributed by atoms with Crippen LogP contribution in [0, 0.1) is 12.8 Å². The zero-order chi connectivity index (χ0) is 19.3. The Morgan fingerprint density at radius 1 is 1.19 bits per heavy atom. The second kappa shape index (κ2) is 9.09. The molecule has 1 aromatic heterocycles. The third-order valence-electron chi connectivity index (χ3n) is 3.68. The Labute approximate surface area is 164 Å². The molecular weight excluding hydrogens is 418 g/mol. The molecule has 1 unspecified atom stereocenters. The number of esters is 1. The van der Waals surface area contributed by atoms with Crippen molar-refractivity contribution in [2.45, 2.75) is 26.8 Å². The molecule has 1 N–H and O–H groups in total. The maximum atomic E-state index is 12.4. The molecule has 5 nitrogen and oxygen atoms in total. The molecular formula is C19H20BrNO4S. The number of aryl methyl sites for hydroxylation is 1. The molecule has 0 radical (unpaired) electrons. The monoisotopic (exact) mass is 437 g/mol. The zero-order valence-corrected chi connectivity index (χ0v) is 17.1. The van der Waals surface area contributed by atoms with Crippen molar-refractivity contribution in [3.63, 3.8) is 0 Å². The van der Waals surface area contributed by atoms with Crippen LogP contribution in [-0.4, -0.2) is 30.3 Å². The van der Waals surface area contributed by atoms with Gasteiger partial charge in [-0.05, 0) is 53.0 Å². The van der Waals surface area contributed by atoms with E-state index in [0.29, 0.717) is 10.4 Å². The lowest BCUT2D eigenvalue weighted by Gasteiger charge is -2.20. The molecule has 2 aromatic rings. The third kappa shape index (κ3) is 5.51. The second-order valence-electron chi connectivity index (χ2n) is 6.20. The Hall–Kier alpha value is -1.99. The molecule has 0 aliphatic rings. The first kappa shape index (κ1) is 20.3. The van der Waals surface area contributed by atoms with Gasteiger partial charge in [0.05, 0.1) is 8.66 Å². The van der Waals surface area contributed by atoms with Crippen LogP contribution in [0.25, 0.3) is 0 Å². The summed E-state index contributed by atoms with van der Waals surface area (Å²) in [4.78, 5) is 37.3. The number of ketones is 1. The predicted octanol–water partition coefficient (Wildman–Crippen LogP) is 4.00. The fraction of sp³-hybridized carbons (Fsp3) is 0.316. The fourth-order valence-electron chi connectivity index (χ4n) is 2.27. The van der Waals surface area contributed by atoms with E-state index in [2.05, 4.69) is 21.2 Å². The van der Waals surface area contributed by atoms with Crippen molar-refractivity contribution >= 4 is 44.9 Å². The van der Waals surface area contributed by atoms with Crippen LogP contribution < -0.4 is 5.32 Å². The molecule has 0 fully saturated rings. The Morgan fingerprint density at radius 2 is 1.92 bits per heavy atom. The molecule has 7 heteroatoms. The summed E-state index contributed by atoms with van der Waals surface area (Å²) in [6.07, 6.45) is 0. The maximum Gasteiger partial charge on any atom is 0.329 e. The number of carbonyl (C=O) groups is 3. The number of carbonyl (C=O) groups excluding carboxylic acids is 3. The summed E-state index contributed by atoms with van der Waals surface area (Å²) in [5, 5.41) is 2.70. The molecule has 138 valence electrons. The molecule has 0 spiro atoms. The normalized spacial score (nSPS) is 11.9. The molecule has 1 atom stereocenters. The molecule has 1 heterocycles. The fourth-order valence-corrected chi connectivity index (χ4v) is 3.58. The Kier molecular flexibility index (Phi) is 7.11. The van der Waals surface area contributed by atoms with Gasteiger partial charge in [-0.25, -0.2) is 4.79 Å². The highest BCUT2D eigenvalue weighted by atomic mass is 79.9. The van der Waals surface area contributed by atoms with Gasteiger partial charge in [0.2, 0.25) is 5.78 Å². The van der Waals surface area contributed by atoms with Crippen molar-refractivity contribution in [1.82, 2.24) is 5.32 Å². The van der Waals surface area contributed by atoms with E-state index in [9.17, 15) is 14.4 Å². The Morgan fingerprint density at radius 3 is 2.50 bits per heavy atom. The molecule has 0 saturated carbocycles. The number of benzene rings is 1. The van der Waals surface area contributed by atoms with Gasteiger partial charge < -0.3 is 10.1 Å². The lowest BCUT2D eigenvalue weighted by Crippen LogP contribution is -2.45. The van der Waals surface area contributed by atoms with Crippen molar-refractivity contribution in [2.24, 2.45) is 5.92 Å². The first-order chi connectivity index (χ1) is 12.3. The number of ether oxygens (including phenoxy) is 1. The lowest BCUT2D eigenvalue weighted by molar-refractivity contribution is -0.145. The van der Waals surface area contributed by atoms with Gasteiger partial charge in [-0.15, -0.1) is 11.3 Å². The number of halogens is 1. The molecule has 0 bridgehead atoms. The number of nitrogens with one attached hydrogen (secondary N) is 1. The molecule has 26 heavy (non-hydrogen) atoms. The van der Waals surface area contributed by atoms with Gasteiger partial charge in [-0.2, -0.15) is 0 Å². The minimum Gasteiger partial charge on any atom is -0.456 e. The van der Waals surface area contributed by atoms with Crippen LogP contribution in [0.15, 0.2) is 40.2 Å². The number of amides is 1. The van der Waals surface area contributed by atoms with E-state index in [0.717, 1.165) is 9.35 Å². The van der Waals surface area contributed by atoms with Crippen LogP contribution in [0.5, 0.6) is 0 Å². The summed E-state index contributed by atoms with van der Waals surface area (Å²) in [7, 11) is 0. The minimum absolute atomic E-state index is 0.178. The summed E-state index contributed by atoms with van der Waals surface area (Å²) in [5.41, 5.74) is 1.43. The topological polar surface area (TPSA) is 72.5 Å². The first-order valence-corrected chi connectivity index (χ1v) is 9.71. The van der Waals surface area contributed by atoms with Gasteiger partial charge in [0.15, 0.2) is 6.61 Å². The highest BCUT2D eigenvalue weighted by Crippen LogP contribution is 2.22. The Balaban J connectivity index is 1.98. The largest absolute Gasteiger partial charge is 0.456 e. The molecule has 0 saturated heterocycles. The molecule has 1 aromatic carbocycles. The van der Waals surface area contributed by atoms with E-state index in [-0.39, 0.29) is 24.2 Å². The van der Waals surface area contributed by atoms with Crippen molar-refractivity contribution in [2.75, 3.05) is 6.61 Å². The second-order valence-corrected chi connectivity index (χ2v) is 8.66. The van der Waals surface area contributed by atoms with Gasteiger partial charge in [-0.1, -0.05) is 31.5 Å². The predicted molar refractivity (Wildman–Crippen MR) is 105 cm³/mol. The zero-order valence-electron chi connectivity index (χ0n) is 14.7. The van der Waals surface area contributed by atoms with E-state index in [1.54, 1.807) is 44.2 Å². The summed E-state index contributed by atoms with van der Waals surface area (Å²) in [6, 6.07) is 9.71. The van der Waals surface area contributed by atoms with Gasteiger partial charge >= 0.3 is 5.97 Å². The van der Waals surface area contributed by atoms with Gasteiger partial charge in [0.25, 0.3) is 5.91 Å². The van der Waals surface area contributed by atoms with Gasteiger partial charge in [0.1, 0.15) is 6.04 Å². The van der Waals surface area contributed by atoms with Gasteiger partial charge in [-0.3, -0.25) is 9.59 Å². The van der Waals surface area contributed by atoms with Gasteiger partial charge in [0, 0.05) is 5.56 Å². The number of hydrogen-bond donors (Lipinski definition) is 1. The SMILES string of the molecule is Cc1cccc(C(=O)NC(C(=O)OCC(=O)c2ccc(Br)s2)C(C)C)c1. The number of rotatable bonds is 7. The minimum atomic E-state index is -0.828. The van der Waals surface area contributed by atoms with E-state index < -0.39 is 12.0 Å². The summed E-state index contributed by atoms with van der Waals surface area (Å²) in [6.45, 7) is 5.15. The van der Waals surface area contributed by atoms with Crippen LogP contribution >= 0.6 is 27.3 Å². The standard InChI is InChI=1S/C19H20BrNO4S/c1-11(2)17(21-18(23)13-6-4-5-12(3)9-13)19(24)25-10-14(22)15-7-8-16(20)26-15/h4-9,11,17H,10H2,1-3H3,(H,21,23). The molecule has 0 aliphatic heterocycles. The number of Topliss-reactive ketones (excluding diaryl/α,β-unsaturated/α-hetero) is 1. The van der Waals surface area contributed by atoms with E-state index >= 15 is 0 Å². The highest BCUT2D eigenvalue weighted by molar-refractivity contribution is 9.11. The van der Waals surface area contributed by atoms with Crippen molar-refractivity contribution in [3.05, 3.63) is 56.2 Å². The summed E-state index contributed by atoms with van der Waals surface area (Å²) in [5.74, 6) is -1.42. The maximum absolute atomic E-state index is 12.4. The Bertz CT molecular complexity index is 815. The van der Waals surface area contributed by atoms with Crippen LogP contribution in [-0.2, 0) is 9.53 Å². The third-order valence-corrected chi connectivity index (χ3v) is 5.35. The number of thiophene rings is 1. The van der Waals surface area contributed by atoms with E-state index in [4.69, 9.17) is 4.74 Å². The number of hydrogen-bond acceptors (Lipinski definition) is 5. The summed E-state index contributed by atoms with van der Waals surface area (Å²) < 4.78 is 5.97. The van der Waals surface area contributed by atoms with Crippen LogP contribution in [0.1, 0.15) is 39.4 Å². The average molecular weight is 438 g/mol. The van der Waals surface area contributed by atoms with E-state index in [1.165, 1.54) is 11.3 Å². The molecule has 2 rings (SSSR count). The summed E-state index contributed by atoms with van der Waals surface area (Å²) >= 11 is 4.57. The van der Waals surface area contributed by atoms with Crippen LogP contribution in [0.2, 0.25) is 0 Å². The van der Waals surface area contributed by atoms with Crippen LogP contribution in [0.4, 0.5) is 0 Å². The smallest absolute Gasteiger partial charge is 0.329 e. The average Bonchev–Trinajstić information content (AvgIpc) is 3.03. The van der Waals surface area contributed by atoms with Crippen molar-refractivity contribution < 1.29 is 19.1 Å². The van der Waals surface area contributed by atoms with Crippen molar-refractivity contribution in [1.29, 1.82) is 0 Å². The van der Waals surface area contributed by atoms with E-state index in [1.807, 2.05) is 13.0 Å². The van der Waals surface area contributed by atoms with Crippen molar-refractivity contribution in [3.8, 4) is 0 Å². The molecule has 1 amide bonds. The lowest BCUT2D eigenvalue weighted by atomic mass is 10.0. The molecule has 0 aliphatic carbocycles. The van der Waals surface area contributed by atoms with Crippen LogP contribution in [0.3, 0.4) is 0 Å². The first-order valence-electron chi connectivity index (χ1n) is 8.10. The highest BCUT2D eigenvalue weighted by Gasteiger charge is 2.27. The quantitative estimate of drug-likeness (QED) is 0.524.